The molecule has 110 valence electrons. The van der Waals surface area contributed by atoms with E-state index in [4.69, 9.17) is 0 Å². The summed E-state index contributed by atoms with van der Waals surface area (Å²) in [6.45, 7) is 7.19. The fourth-order valence-electron chi connectivity index (χ4n) is 3.46. The summed E-state index contributed by atoms with van der Waals surface area (Å²) in [5.41, 5.74) is 0.338. The van der Waals surface area contributed by atoms with Crippen molar-refractivity contribution in [2.75, 3.05) is 13.1 Å². The highest BCUT2D eigenvalue weighted by molar-refractivity contribution is 7.09. The second-order valence-electron chi connectivity index (χ2n) is 6.51. The Balaban J connectivity index is 1.67. The van der Waals surface area contributed by atoms with Gasteiger partial charge in [-0.1, -0.05) is 6.07 Å². The highest BCUT2D eigenvalue weighted by atomic mass is 32.1. The van der Waals surface area contributed by atoms with Crippen LogP contribution in [-0.4, -0.2) is 29.9 Å². The van der Waals surface area contributed by atoms with Crippen molar-refractivity contribution < 1.29 is 4.79 Å². The van der Waals surface area contributed by atoms with E-state index in [1.54, 1.807) is 11.3 Å². The van der Waals surface area contributed by atoms with Gasteiger partial charge in [0.05, 0.1) is 6.54 Å². The van der Waals surface area contributed by atoms with Gasteiger partial charge in [0.2, 0.25) is 5.91 Å². The quantitative estimate of drug-likeness (QED) is 0.925. The molecule has 1 amide bonds. The first-order chi connectivity index (χ1) is 9.62. The number of carbonyl (C=O) groups is 1. The topological polar surface area (TPSA) is 32.3 Å². The van der Waals surface area contributed by atoms with Gasteiger partial charge in [-0.05, 0) is 63.1 Å². The van der Waals surface area contributed by atoms with Gasteiger partial charge in [-0.2, -0.15) is 0 Å². The summed E-state index contributed by atoms with van der Waals surface area (Å²) < 4.78 is 0. The Morgan fingerprint density at radius 1 is 1.50 bits per heavy atom. The van der Waals surface area contributed by atoms with Crippen molar-refractivity contribution in [3.63, 3.8) is 0 Å². The van der Waals surface area contributed by atoms with E-state index in [1.165, 1.54) is 17.7 Å². The number of nitrogens with one attached hydrogen (secondary N) is 1. The number of rotatable bonds is 4. The average Bonchev–Trinajstić information content (AvgIpc) is 2.88. The molecule has 1 N–H and O–H groups in total. The number of hydrogen-bond donors (Lipinski definition) is 1. The van der Waals surface area contributed by atoms with Crippen LogP contribution in [0.15, 0.2) is 17.5 Å². The van der Waals surface area contributed by atoms with Crippen LogP contribution in [0.4, 0.5) is 0 Å². The van der Waals surface area contributed by atoms with Gasteiger partial charge in [-0.3, -0.25) is 4.79 Å². The van der Waals surface area contributed by atoms with E-state index in [1.807, 2.05) is 0 Å². The zero-order chi connectivity index (χ0) is 14.2. The van der Waals surface area contributed by atoms with Crippen LogP contribution in [0.5, 0.6) is 0 Å². The number of amides is 1. The van der Waals surface area contributed by atoms with E-state index < -0.39 is 0 Å². The number of nitrogens with zero attached hydrogens (tertiary/aromatic N) is 1. The van der Waals surface area contributed by atoms with Crippen LogP contribution in [0.2, 0.25) is 0 Å². The number of piperidine rings is 1. The first-order valence-corrected chi connectivity index (χ1v) is 8.54. The van der Waals surface area contributed by atoms with E-state index >= 15 is 0 Å². The summed E-state index contributed by atoms with van der Waals surface area (Å²) in [7, 11) is 0. The van der Waals surface area contributed by atoms with Crippen molar-refractivity contribution in [3.05, 3.63) is 22.4 Å². The predicted molar refractivity (Wildman–Crippen MR) is 82.6 cm³/mol. The van der Waals surface area contributed by atoms with E-state index in [2.05, 4.69) is 41.6 Å². The third-order valence-corrected chi connectivity index (χ3v) is 5.76. The van der Waals surface area contributed by atoms with Crippen LogP contribution < -0.4 is 5.32 Å². The zero-order valence-corrected chi connectivity index (χ0v) is 13.2. The lowest BCUT2D eigenvalue weighted by atomic mass is 9.91. The molecular weight excluding hydrogens is 268 g/mol. The van der Waals surface area contributed by atoms with E-state index in [0.717, 1.165) is 26.1 Å². The van der Waals surface area contributed by atoms with Crippen molar-refractivity contribution in [2.24, 2.45) is 11.3 Å². The number of carbonyl (C=O) groups excluding carboxylic acids is 1. The predicted octanol–water partition coefficient (Wildman–Crippen LogP) is 2.87. The molecule has 1 aliphatic heterocycles. The molecule has 1 spiro atoms. The zero-order valence-electron chi connectivity index (χ0n) is 12.4. The molecule has 1 atom stereocenters. The van der Waals surface area contributed by atoms with Gasteiger partial charge in [0.15, 0.2) is 0 Å². The van der Waals surface area contributed by atoms with Crippen molar-refractivity contribution in [2.45, 2.75) is 45.7 Å². The molecule has 2 aliphatic rings. The Kier molecular flexibility index (Phi) is 3.87. The highest BCUT2D eigenvalue weighted by Crippen LogP contribution is 2.59. The van der Waals surface area contributed by atoms with Crippen LogP contribution in [0, 0.1) is 11.3 Å². The minimum Gasteiger partial charge on any atom is -0.335 e. The van der Waals surface area contributed by atoms with E-state index in [9.17, 15) is 4.79 Å². The van der Waals surface area contributed by atoms with Gasteiger partial charge in [0, 0.05) is 16.8 Å². The summed E-state index contributed by atoms with van der Waals surface area (Å²) in [5.74, 6) is 0.669. The SMILES string of the molecule is CC(C)N(Cc1cccs1)C(=O)C1CC12CCNCC2. The first-order valence-electron chi connectivity index (χ1n) is 7.66. The third kappa shape index (κ3) is 2.63. The summed E-state index contributed by atoms with van der Waals surface area (Å²) in [6, 6.07) is 4.47. The van der Waals surface area contributed by atoms with Crippen LogP contribution in [0.3, 0.4) is 0 Å². The first kappa shape index (κ1) is 14.1. The molecular formula is C16H24N2OS. The van der Waals surface area contributed by atoms with Crippen LogP contribution in [0.1, 0.15) is 38.0 Å². The van der Waals surface area contributed by atoms with Gasteiger partial charge in [0.25, 0.3) is 0 Å². The molecule has 1 aliphatic carbocycles. The lowest BCUT2D eigenvalue weighted by Gasteiger charge is -2.29. The summed E-state index contributed by atoms with van der Waals surface area (Å²) in [4.78, 5) is 16.2. The molecule has 0 bridgehead atoms. The molecule has 2 fully saturated rings. The maximum Gasteiger partial charge on any atom is 0.226 e. The summed E-state index contributed by atoms with van der Waals surface area (Å²) >= 11 is 1.74. The van der Waals surface area contributed by atoms with Gasteiger partial charge in [-0.25, -0.2) is 0 Å². The number of hydrogen-bond acceptors (Lipinski definition) is 3. The Morgan fingerprint density at radius 3 is 2.85 bits per heavy atom. The molecule has 20 heavy (non-hydrogen) atoms. The molecule has 1 saturated carbocycles. The lowest BCUT2D eigenvalue weighted by molar-refractivity contribution is -0.136. The minimum absolute atomic E-state index is 0.281. The standard InChI is InChI=1S/C16H24N2OS/c1-12(2)18(11-13-4-3-9-20-13)15(19)14-10-16(14)5-7-17-8-6-16/h3-4,9,12,14,17H,5-8,10-11H2,1-2H3. The van der Waals surface area contributed by atoms with Gasteiger partial charge in [-0.15, -0.1) is 11.3 Å². The van der Waals surface area contributed by atoms with Crippen LogP contribution >= 0.6 is 11.3 Å². The van der Waals surface area contributed by atoms with Crippen LogP contribution in [0.25, 0.3) is 0 Å². The van der Waals surface area contributed by atoms with E-state index in [-0.39, 0.29) is 12.0 Å². The smallest absolute Gasteiger partial charge is 0.226 e. The molecule has 0 radical (unpaired) electrons. The van der Waals surface area contributed by atoms with Crippen LogP contribution in [-0.2, 0) is 11.3 Å². The molecule has 0 aromatic carbocycles. The molecule has 4 heteroatoms. The molecule has 1 unspecified atom stereocenters. The van der Waals surface area contributed by atoms with Crippen molar-refractivity contribution in [1.29, 1.82) is 0 Å². The Hall–Kier alpha value is -0.870. The van der Waals surface area contributed by atoms with Gasteiger partial charge in [0.1, 0.15) is 0 Å². The van der Waals surface area contributed by atoms with Gasteiger partial charge >= 0.3 is 0 Å². The summed E-state index contributed by atoms with van der Waals surface area (Å²) in [5, 5.41) is 5.49. The normalized spacial score (nSPS) is 24.1. The van der Waals surface area contributed by atoms with Crippen molar-refractivity contribution in [3.8, 4) is 0 Å². The Morgan fingerprint density at radius 2 is 2.25 bits per heavy atom. The molecule has 1 aromatic heterocycles. The number of thiophene rings is 1. The van der Waals surface area contributed by atoms with E-state index in [0.29, 0.717) is 11.3 Å². The van der Waals surface area contributed by atoms with Gasteiger partial charge < -0.3 is 10.2 Å². The minimum atomic E-state index is 0.281. The van der Waals surface area contributed by atoms with Crippen molar-refractivity contribution in [1.82, 2.24) is 10.2 Å². The molecule has 1 saturated heterocycles. The Labute approximate surface area is 125 Å². The highest BCUT2D eigenvalue weighted by Gasteiger charge is 2.58. The largest absolute Gasteiger partial charge is 0.335 e. The Bertz CT molecular complexity index is 463. The molecule has 1 aromatic rings. The molecule has 3 rings (SSSR count). The molecule has 3 nitrogen and oxygen atoms in total. The fraction of sp³-hybridized carbons (Fsp3) is 0.688. The maximum atomic E-state index is 12.9. The molecule has 2 heterocycles. The monoisotopic (exact) mass is 292 g/mol. The summed E-state index contributed by atoms with van der Waals surface area (Å²) in [6.07, 6.45) is 3.46. The fourth-order valence-corrected chi connectivity index (χ4v) is 4.16. The van der Waals surface area contributed by atoms with Crippen molar-refractivity contribution >= 4 is 17.2 Å². The second kappa shape index (κ2) is 5.49. The average molecular weight is 292 g/mol. The lowest BCUT2D eigenvalue weighted by Crippen LogP contribution is -2.39. The third-order valence-electron chi connectivity index (χ3n) is 4.90. The maximum absolute atomic E-state index is 12.9. The second-order valence-corrected chi connectivity index (χ2v) is 7.54.